The van der Waals surface area contributed by atoms with Crippen molar-refractivity contribution in [1.29, 1.82) is 0 Å². The fraction of sp³-hybridized carbons (Fsp3) is 0.227. The van der Waals surface area contributed by atoms with E-state index in [1.54, 1.807) is 11.1 Å². The molecule has 0 saturated carbocycles. The van der Waals surface area contributed by atoms with Gasteiger partial charge >= 0.3 is 0 Å². The minimum absolute atomic E-state index is 1.12. The van der Waals surface area contributed by atoms with Gasteiger partial charge < -0.3 is 0 Å². The van der Waals surface area contributed by atoms with Crippen molar-refractivity contribution in [3.63, 3.8) is 0 Å². The Bertz CT molecular complexity index is 1060. The smallest absolute Gasteiger partial charge is 0.0880 e. The summed E-state index contributed by atoms with van der Waals surface area (Å²) >= 11 is 1.91. The predicted octanol–water partition coefficient (Wildman–Crippen LogP) is 6.30. The number of hydrogen-bond donors (Lipinski definition) is 0. The van der Waals surface area contributed by atoms with Crippen LogP contribution >= 0.6 is 11.3 Å². The first kappa shape index (κ1) is 14.2. The van der Waals surface area contributed by atoms with Crippen molar-refractivity contribution in [1.82, 2.24) is 4.98 Å². The first-order valence-corrected chi connectivity index (χ1v) is 9.52. The van der Waals surface area contributed by atoms with E-state index in [2.05, 4.69) is 49.4 Å². The minimum atomic E-state index is 1.12. The highest BCUT2D eigenvalue weighted by molar-refractivity contribution is 7.26. The van der Waals surface area contributed by atoms with Crippen LogP contribution in [0.1, 0.15) is 29.5 Å². The fourth-order valence-electron chi connectivity index (χ4n) is 4.16. The van der Waals surface area contributed by atoms with Gasteiger partial charge in [0.05, 0.1) is 10.4 Å². The third-order valence-electron chi connectivity index (χ3n) is 5.32. The molecule has 0 aliphatic heterocycles. The average Bonchev–Trinajstić information content (AvgIpc) is 3.01. The summed E-state index contributed by atoms with van der Waals surface area (Å²) in [7, 11) is 0. The molecule has 0 radical (unpaired) electrons. The molecule has 2 heterocycles. The Morgan fingerprint density at radius 3 is 2.71 bits per heavy atom. The van der Waals surface area contributed by atoms with Crippen LogP contribution in [0.25, 0.3) is 31.4 Å². The molecule has 0 bridgehead atoms. The Hall–Kier alpha value is -2.19. The van der Waals surface area contributed by atoms with E-state index in [0.29, 0.717) is 0 Å². The quantitative estimate of drug-likeness (QED) is 0.399. The maximum absolute atomic E-state index is 4.71. The van der Waals surface area contributed by atoms with Crippen molar-refractivity contribution < 1.29 is 0 Å². The number of aryl methyl sites for hydroxylation is 2. The van der Waals surface area contributed by atoms with Gasteiger partial charge in [-0.25, -0.2) is 0 Å². The molecule has 1 aliphatic carbocycles. The molecule has 24 heavy (non-hydrogen) atoms. The highest BCUT2D eigenvalue weighted by atomic mass is 32.1. The Labute approximate surface area is 146 Å². The van der Waals surface area contributed by atoms with Crippen LogP contribution in [0.2, 0.25) is 0 Å². The SMILES string of the molecule is Cc1c2c(cc3sc4c(-c5ccccc5)nccc4c13)CCCC2. The second-order valence-electron chi connectivity index (χ2n) is 6.72. The monoisotopic (exact) mass is 329 g/mol. The Kier molecular flexibility index (Phi) is 3.20. The number of benzene rings is 2. The van der Waals surface area contributed by atoms with Gasteiger partial charge in [-0.2, -0.15) is 0 Å². The first-order chi connectivity index (χ1) is 11.8. The van der Waals surface area contributed by atoms with Crippen LogP contribution in [0.5, 0.6) is 0 Å². The number of rotatable bonds is 1. The van der Waals surface area contributed by atoms with Gasteiger partial charge in [-0.05, 0) is 61.4 Å². The number of thiophene rings is 1. The van der Waals surface area contributed by atoms with Crippen molar-refractivity contribution in [2.75, 3.05) is 0 Å². The summed E-state index contributed by atoms with van der Waals surface area (Å²) in [5.41, 5.74) is 7.00. The molecular weight excluding hydrogens is 310 g/mol. The van der Waals surface area contributed by atoms with Gasteiger partial charge in [0.1, 0.15) is 0 Å². The first-order valence-electron chi connectivity index (χ1n) is 8.71. The molecule has 0 spiro atoms. The van der Waals surface area contributed by atoms with E-state index in [4.69, 9.17) is 4.98 Å². The largest absolute Gasteiger partial charge is 0.255 e. The molecule has 2 heteroatoms. The fourth-order valence-corrected chi connectivity index (χ4v) is 5.49. The zero-order valence-corrected chi connectivity index (χ0v) is 14.6. The maximum atomic E-state index is 4.71. The van der Waals surface area contributed by atoms with E-state index in [-0.39, 0.29) is 0 Å². The van der Waals surface area contributed by atoms with Crippen LogP contribution in [-0.4, -0.2) is 4.98 Å². The van der Waals surface area contributed by atoms with E-state index in [1.807, 2.05) is 17.5 Å². The van der Waals surface area contributed by atoms with Gasteiger partial charge in [-0.1, -0.05) is 30.3 Å². The maximum Gasteiger partial charge on any atom is 0.0880 e. The lowest BCUT2D eigenvalue weighted by Crippen LogP contribution is -2.04. The molecule has 0 unspecified atom stereocenters. The minimum Gasteiger partial charge on any atom is -0.255 e. The Morgan fingerprint density at radius 2 is 1.83 bits per heavy atom. The highest BCUT2D eigenvalue weighted by Crippen LogP contribution is 2.42. The summed E-state index contributed by atoms with van der Waals surface area (Å²) in [5.74, 6) is 0. The predicted molar refractivity (Wildman–Crippen MR) is 104 cm³/mol. The van der Waals surface area contributed by atoms with Crippen LogP contribution in [0.15, 0.2) is 48.7 Å². The highest BCUT2D eigenvalue weighted by Gasteiger charge is 2.19. The second kappa shape index (κ2) is 5.42. The molecule has 4 aromatic rings. The molecule has 0 N–H and O–H groups in total. The van der Waals surface area contributed by atoms with Gasteiger partial charge in [-0.15, -0.1) is 11.3 Å². The zero-order chi connectivity index (χ0) is 16.1. The van der Waals surface area contributed by atoms with Gasteiger partial charge in [-0.3, -0.25) is 4.98 Å². The third-order valence-corrected chi connectivity index (χ3v) is 6.48. The number of pyridine rings is 1. The van der Waals surface area contributed by atoms with E-state index in [1.165, 1.54) is 57.0 Å². The molecule has 118 valence electrons. The van der Waals surface area contributed by atoms with Crippen LogP contribution in [0, 0.1) is 6.92 Å². The Balaban J connectivity index is 1.87. The normalized spacial score (nSPS) is 14.2. The van der Waals surface area contributed by atoms with E-state index < -0.39 is 0 Å². The molecule has 1 nitrogen and oxygen atoms in total. The molecule has 0 saturated heterocycles. The van der Waals surface area contributed by atoms with E-state index in [9.17, 15) is 0 Å². The molecule has 2 aromatic carbocycles. The van der Waals surface area contributed by atoms with Crippen molar-refractivity contribution in [2.45, 2.75) is 32.6 Å². The number of aromatic nitrogens is 1. The standard InChI is InChI=1S/C22H19NS/c1-14-17-10-6-5-9-16(17)13-19-20(14)18-11-12-23-21(22(18)24-19)15-7-3-2-4-8-15/h2-4,7-8,11-13H,5-6,9-10H2,1H3. The lowest BCUT2D eigenvalue weighted by atomic mass is 9.87. The second-order valence-corrected chi connectivity index (χ2v) is 7.78. The zero-order valence-electron chi connectivity index (χ0n) is 13.8. The summed E-state index contributed by atoms with van der Waals surface area (Å²) in [5, 5.41) is 2.82. The van der Waals surface area contributed by atoms with Crippen molar-refractivity contribution in [3.8, 4) is 11.3 Å². The lowest BCUT2D eigenvalue weighted by molar-refractivity contribution is 0.684. The number of fused-ring (bicyclic) bond motifs is 4. The summed E-state index contributed by atoms with van der Waals surface area (Å²) in [6, 6.07) is 15.2. The van der Waals surface area contributed by atoms with Gasteiger partial charge in [0.15, 0.2) is 0 Å². The van der Waals surface area contributed by atoms with Crippen molar-refractivity contribution in [3.05, 3.63) is 65.4 Å². The lowest BCUT2D eigenvalue weighted by Gasteiger charge is -2.18. The number of hydrogen-bond acceptors (Lipinski definition) is 2. The molecule has 2 aromatic heterocycles. The van der Waals surface area contributed by atoms with Crippen LogP contribution in [0.3, 0.4) is 0 Å². The molecule has 5 rings (SSSR count). The topological polar surface area (TPSA) is 12.9 Å². The molecule has 1 aliphatic rings. The molecular formula is C22H19NS. The third kappa shape index (κ3) is 2.03. The Morgan fingerprint density at radius 1 is 1.00 bits per heavy atom. The average molecular weight is 329 g/mol. The van der Waals surface area contributed by atoms with Crippen LogP contribution < -0.4 is 0 Å². The van der Waals surface area contributed by atoms with Gasteiger partial charge in [0, 0.05) is 27.2 Å². The van der Waals surface area contributed by atoms with Crippen LogP contribution in [0.4, 0.5) is 0 Å². The molecule has 0 fully saturated rings. The van der Waals surface area contributed by atoms with Crippen molar-refractivity contribution in [2.24, 2.45) is 0 Å². The van der Waals surface area contributed by atoms with Gasteiger partial charge in [0.2, 0.25) is 0 Å². The summed E-state index contributed by atoms with van der Waals surface area (Å²) in [4.78, 5) is 4.71. The summed E-state index contributed by atoms with van der Waals surface area (Å²) < 4.78 is 2.75. The van der Waals surface area contributed by atoms with Crippen molar-refractivity contribution >= 4 is 31.5 Å². The van der Waals surface area contributed by atoms with Gasteiger partial charge in [0.25, 0.3) is 0 Å². The molecule has 0 atom stereocenters. The van der Waals surface area contributed by atoms with E-state index >= 15 is 0 Å². The van der Waals surface area contributed by atoms with E-state index in [0.717, 1.165) is 5.69 Å². The number of nitrogens with zero attached hydrogens (tertiary/aromatic N) is 1. The molecule has 0 amide bonds. The summed E-state index contributed by atoms with van der Waals surface area (Å²) in [6.07, 6.45) is 7.11. The summed E-state index contributed by atoms with van der Waals surface area (Å²) in [6.45, 7) is 2.32. The van der Waals surface area contributed by atoms with Crippen LogP contribution in [-0.2, 0) is 12.8 Å².